The van der Waals surface area contributed by atoms with Gasteiger partial charge >= 0.3 is 0 Å². The molecule has 0 aliphatic rings. The maximum atomic E-state index is 11.5. The van der Waals surface area contributed by atoms with Crippen LogP contribution in [0.4, 0.5) is 0 Å². The van der Waals surface area contributed by atoms with Crippen LogP contribution in [0.1, 0.15) is 25.8 Å². The van der Waals surface area contributed by atoms with Crippen LogP contribution in [0, 0.1) is 5.92 Å². The van der Waals surface area contributed by atoms with Gasteiger partial charge in [-0.25, -0.2) is 0 Å². The van der Waals surface area contributed by atoms with E-state index in [0.29, 0.717) is 18.9 Å². The summed E-state index contributed by atoms with van der Waals surface area (Å²) in [6.45, 7) is 4.65. The van der Waals surface area contributed by atoms with Gasteiger partial charge in [0.1, 0.15) is 0 Å². The van der Waals surface area contributed by atoms with Crippen molar-refractivity contribution in [3.63, 3.8) is 0 Å². The van der Waals surface area contributed by atoms with Crippen molar-refractivity contribution >= 4 is 17.2 Å². The first-order valence-corrected chi connectivity index (χ1v) is 6.07. The molecule has 0 bridgehead atoms. The third-order valence-corrected chi connectivity index (χ3v) is 3.08. The average molecular weight is 226 g/mol. The average Bonchev–Trinajstić information content (AvgIpc) is 2.66. The van der Waals surface area contributed by atoms with Crippen LogP contribution in [-0.2, 0) is 11.3 Å². The Balaban J connectivity index is 2.25. The van der Waals surface area contributed by atoms with Crippen molar-refractivity contribution < 1.29 is 4.79 Å². The number of amides is 1. The first kappa shape index (κ1) is 12.2. The van der Waals surface area contributed by atoms with E-state index in [-0.39, 0.29) is 11.9 Å². The molecule has 0 saturated carbocycles. The van der Waals surface area contributed by atoms with Gasteiger partial charge in [0.05, 0.1) is 0 Å². The molecule has 0 aromatic carbocycles. The Morgan fingerprint density at radius 3 is 2.87 bits per heavy atom. The molecular formula is C11H18N2OS. The minimum absolute atomic E-state index is 0.0300. The highest BCUT2D eigenvalue weighted by Gasteiger charge is 2.12. The monoisotopic (exact) mass is 226 g/mol. The predicted molar refractivity (Wildman–Crippen MR) is 63.6 cm³/mol. The molecule has 0 fully saturated rings. The molecule has 0 saturated heterocycles. The largest absolute Gasteiger partial charge is 0.352 e. The molecule has 0 radical (unpaired) electrons. The second-order valence-corrected chi connectivity index (χ2v) is 4.80. The van der Waals surface area contributed by atoms with Gasteiger partial charge in [0.25, 0.3) is 0 Å². The molecule has 1 amide bonds. The lowest BCUT2D eigenvalue weighted by molar-refractivity contribution is -0.121. The number of thiophene rings is 1. The summed E-state index contributed by atoms with van der Waals surface area (Å²) in [7, 11) is 0. The molecule has 1 heterocycles. The van der Waals surface area contributed by atoms with Gasteiger partial charge in [-0.05, 0) is 28.3 Å². The molecule has 1 atom stereocenters. The van der Waals surface area contributed by atoms with E-state index in [0.717, 1.165) is 5.56 Å². The Kier molecular flexibility index (Phi) is 4.78. The Hall–Kier alpha value is -0.870. The van der Waals surface area contributed by atoms with Crippen LogP contribution in [0.15, 0.2) is 16.8 Å². The number of rotatable bonds is 5. The first-order valence-electron chi connectivity index (χ1n) is 5.13. The Labute approximate surface area is 94.7 Å². The van der Waals surface area contributed by atoms with Gasteiger partial charge in [-0.3, -0.25) is 4.79 Å². The van der Waals surface area contributed by atoms with E-state index in [2.05, 4.69) is 5.32 Å². The summed E-state index contributed by atoms with van der Waals surface area (Å²) in [5.74, 6) is 0.374. The minimum Gasteiger partial charge on any atom is -0.352 e. The van der Waals surface area contributed by atoms with Crippen LogP contribution in [0.5, 0.6) is 0 Å². The molecule has 1 aromatic heterocycles. The SMILES string of the molecule is CC(C)C(N)CC(=O)NCc1ccsc1. The van der Waals surface area contributed by atoms with Gasteiger partial charge in [-0.1, -0.05) is 13.8 Å². The Morgan fingerprint density at radius 1 is 1.60 bits per heavy atom. The van der Waals surface area contributed by atoms with Crippen LogP contribution in [0.2, 0.25) is 0 Å². The van der Waals surface area contributed by atoms with Gasteiger partial charge < -0.3 is 11.1 Å². The molecule has 1 unspecified atom stereocenters. The molecule has 4 heteroatoms. The second kappa shape index (κ2) is 5.88. The lowest BCUT2D eigenvalue weighted by Gasteiger charge is -2.14. The van der Waals surface area contributed by atoms with Crippen LogP contribution >= 0.6 is 11.3 Å². The highest BCUT2D eigenvalue weighted by atomic mass is 32.1. The summed E-state index contributed by atoms with van der Waals surface area (Å²) in [5, 5.41) is 6.89. The molecule has 3 N–H and O–H groups in total. The zero-order valence-electron chi connectivity index (χ0n) is 9.19. The molecule has 0 aliphatic heterocycles. The fraction of sp³-hybridized carbons (Fsp3) is 0.545. The van der Waals surface area contributed by atoms with Gasteiger partial charge in [0, 0.05) is 19.0 Å². The van der Waals surface area contributed by atoms with Crippen molar-refractivity contribution in [2.75, 3.05) is 0 Å². The lowest BCUT2D eigenvalue weighted by atomic mass is 10.0. The van der Waals surface area contributed by atoms with E-state index in [1.807, 2.05) is 30.7 Å². The topological polar surface area (TPSA) is 55.1 Å². The third-order valence-electron chi connectivity index (χ3n) is 2.35. The molecular weight excluding hydrogens is 208 g/mol. The van der Waals surface area contributed by atoms with Gasteiger partial charge in [0.2, 0.25) is 5.91 Å². The molecule has 84 valence electrons. The van der Waals surface area contributed by atoms with Crippen molar-refractivity contribution in [1.29, 1.82) is 0 Å². The summed E-state index contributed by atoms with van der Waals surface area (Å²) < 4.78 is 0. The normalized spacial score (nSPS) is 12.8. The number of nitrogens with two attached hydrogens (primary N) is 1. The number of carbonyl (C=O) groups is 1. The number of hydrogen-bond acceptors (Lipinski definition) is 3. The Bertz CT molecular complexity index is 296. The smallest absolute Gasteiger partial charge is 0.221 e. The van der Waals surface area contributed by atoms with Crippen LogP contribution in [-0.4, -0.2) is 11.9 Å². The van der Waals surface area contributed by atoms with Crippen LogP contribution in [0.3, 0.4) is 0 Å². The minimum atomic E-state index is -0.0486. The van der Waals surface area contributed by atoms with Crippen molar-refractivity contribution in [1.82, 2.24) is 5.32 Å². The van der Waals surface area contributed by atoms with Gasteiger partial charge in [0.15, 0.2) is 0 Å². The summed E-state index contributed by atoms with van der Waals surface area (Å²) >= 11 is 1.63. The third kappa shape index (κ3) is 4.44. The second-order valence-electron chi connectivity index (χ2n) is 4.02. The molecule has 15 heavy (non-hydrogen) atoms. The van der Waals surface area contributed by atoms with Gasteiger partial charge in [-0.2, -0.15) is 11.3 Å². The predicted octanol–water partition coefficient (Wildman–Crippen LogP) is 1.74. The fourth-order valence-corrected chi connectivity index (χ4v) is 1.78. The van der Waals surface area contributed by atoms with Crippen molar-refractivity contribution in [2.45, 2.75) is 32.9 Å². The highest BCUT2D eigenvalue weighted by Crippen LogP contribution is 2.06. The van der Waals surface area contributed by atoms with Crippen molar-refractivity contribution in [2.24, 2.45) is 11.7 Å². The van der Waals surface area contributed by atoms with E-state index < -0.39 is 0 Å². The van der Waals surface area contributed by atoms with Gasteiger partial charge in [-0.15, -0.1) is 0 Å². The van der Waals surface area contributed by atoms with E-state index >= 15 is 0 Å². The van der Waals surface area contributed by atoms with Crippen molar-refractivity contribution in [3.05, 3.63) is 22.4 Å². The fourth-order valence-electron chi connectivity index (χ4n) is 1.12. The number of hydrogen-bond donors (Lipinski definition) is 2. The van der Waals surface area contributed by atoms with Crippen LogP contribution in [0.25, 0.3) is 0 Å². The molecule has 1 aromatic rings. The lowest BCUT2D eigenvalue weighted by Crippen LogP contribution is -2.34. The van der Waals surface area contributed by atoms with E-state index in [1.165, 1.54) is 0 Å². The quantitative estimate of drug-likeness (QED) is 0.803. The molecule has 3 nitrogen and oxygen atoms in total. The zero-order chi connectivity index (χ0) is 11.3. The maximum Gasteiger partial charge on any atom is 0.221 e. The zero-order valence-corrected chi connectivity index (χ0v) is 10.0. The van der Waals surface area contributed by atoms with E-state index in [4.69, 9.17) is 5.73 Å². The molecule has 0 spiro atoms. The maximum absolute atomic E-state index is 11.5. The standard InChI is InChI=1S/C11H18N2OS/c1-8(2)10(12)5-11(14)13-6-9-3-4-15-7-9/h3-4,7-8,10H,5-6,12H2,1-2H3,(H,13,14). The number of carbonyl (C=O) groups excluding carboxylic acids is 1. The number of nitrogens with one attached hydrogen (secondary N) is 1. The summed E-state index contributed by atoms with van der Waals surface area (Å²) in [4.78, 5) is 11.5. The van der Waals surface area contributed by atoms with Crippen LogP contribution < -0.4 is 11.1 Å². The van der Waals surface area contributed by atoms with E-state index in [1.54, 1.807) is 11.3 Å². The summed E-state index contributed by atoms with van der Waals surface area (Å²) in [5.41, 5.74) is 6.95. The summed E-state index contributed by atoms with van der Waals surface area (Å²) in [6, 6.07) is 1.96. The molecule has 1 rings (SSSR count). The van der Waals surface area contributed by atoms with Crippen molar-refractivity contribution in [3.8, 4) is 0 Å². The Morgan fingerprint density at radius 2 is 2.33 bits per heavy atom. The first-order chi connectivity index (χ1) is 7.09. The summed E-state index contributed by atoms with van der Waals surface area (Å²) in [6.07, 6.45) is 0.405. The molecule has 0 aliphatic carbocycles. The highest BCUT2D eigenvalue weighted by molar-refractivity contribution is 7.07. The van der Waals surface area contributed by atoms with E-state index in [9.17, 15) is 4.79 Å².